The minimum Gasteiger partial charge on any atom is -0.151 e. The van der Waals surface area contributed by atoms with E-state index in [4.69, 9.17) is 0 Å². The number of azo groups is 1. The van der Waals surface area contributed by atoms with Crippen LogP contribution in [0.4, 0.5) is 11.4 Å². The van der Waals surface area contributed by atoms with Crippen molar-refractivity contribution in [3.63, 3.8) is 0 Å². The van der Waals surface area contributed by atoms with Gasteiger partial charge in [0.25, 0.3) is 0 Å². The molecule has 1 radical (unpaired) electrons. The minimum atomic E-state index is 0.802. The van der Waals surface area contributed by atoms with Crippen molar-refractivity contribution < 1.29 is 0 Å². The highest BCUT2D eigenvalue weighted by atomic mass is 15.1. The van der Waals surface area contributed by atoms with E-state index in [9.17, 15) is 0 Å². The number of hydrogen-bond acceptors (Lipinski definition) is 2. The summed E-state index contributed by atoms with van der Waals surface area (Å²) < 4.78 is 0. The Morgan fingerprint density at radius 3 is 1.88 bits per heavy atom. The van der Waals surface area contributed by atoms with Gasteiger partial charge in [0.1, 0.15) is 0 Å². The summed E-state index contributed by atoms with van der Waals surface area (Å²) in [4.78, 5) is 0. The van der Waals surface area contributed by atoms with E-state index in [1.54, 1.807) is 0 Å². The lowest BCUT2D eigenvalue weighted by Gasteiger charge is -1.96. The van der Waals surface area contributed by atoms with E-state index >= 15 is 0 Å². The largest absolute Gasteiger partial charge is 0.151 e. The molecule has 2 aromatic carbocycles. The number of nitrogens with zero attached hydrogens (tertiary/aromatic N) is 2. The van der Waals surface area contributed by atoms with Gasteiger partial charge in [-0.15, -0.1) is 0 Å². The van der Waals surface area contributed by atoms with Gasteiger partial charge in [-0.3, -0.25) is 0 Å². The smallest absolute Gasteiger partial charge is 0.0857 e. The molecule has 0 heterocycles. The number of benzene rings is 2. The van der Waals surface area contributed by atoms with Crippen molar-refractivity contribution in [2.45, 2.75) is 6.42 Å². The quantitative estimate of drug-likeness (QED) is 0.666. The molecule has 2 nitrogen and oxygen atoms in total. The molecule has 0 fully saturated rings. The molecule has 2 rings (SSSR count). The van der Waals surface area contributed by atoms with Crippen molar-refractivity contribution in [2.24, 2.45) is 10.2 Å². The van der Waals surface area contributed by atoms with Crippen LogP contribution in [0, 0.1) is 6.92 Å². The van der Waals surface area contributed by atoms with Crippen LogP contribution in [0.5, 0.6) is 0 Å². The van der Waals surface area contributed by atoms with Crippen molar-refractivity contribution in [3.05, 3.63) is 67.1 Å². The molecule has 79 valence electrons. The molecule has 2 aromatic rings. The van der Waals surface area contributed by atoms with E-state index in [2.05, 4.69) is 17.2 Å². The summed E-state index contributed by atoms with van der Waals surface area (Å²) in [6, 6.07) is 17.6. The molecule has 0 aliphatic rings. The predicted octanol–water partition coefficient (Wildman–Crippen LogP) is 4.48. The summed E-state index contributed by atoms with van der Waals surface area (Å²) in [5.41, 5.74) is 2.93. The Balaban J connectivity index is 2.12. The van der Waals surface area contributed by atoms with E-state index in [1.807, 2.05) is 54.6 Å². The molecule has 0 aromatic heterocycles. The maximum absolute atomic E-state index is 4.16. The van der Waals surface area contributed by atoms with Gasteiger partial charge in [-0.1, -0.05) is 30.3 Å². The first-order valence-electron chi connectivity index (χ1n) is 5.23. The first-order valence-corrected chi connectivity index (χ1v) is 5.23. The lowest BCUT2D eigenvalue weighted by atomic mass is 10.2. The second-order valence-corrected chi connectivity index (χ2v) is 3.45. The van der Waals surface area contributed by atoms with Crippen molar-refractivity contribution >= 4 is 11.4 Å². The average molecular weight is 209 g/mol. The maximum atomic E-state index is 4.16. The second-order valence-electron chi connectivity index (χ2n) is 3.45. The third-order valence-corrected chi connectivity index (χ3v) is 2.26. The summed E-state index contributed by atoms with van der Waals surface area (Å²) >= 11 is 0. The van der Waals surface area contributed by atoms with Gasteiger partial charge in [-0.2, -0.15) is 10.2 Å². The third-order valence-electron chi connectivity index (χ3n) is 2.26. The van der Waals surface area contributed by atoms with Gasteiger partial charge in [-0.05, 0) is 43.2 Å². The van der Waals surface area contributed by atoms with Crippen LogP contribution in [0.1, 0.15) is 5.56 Å². The van der Waals surface area contributed by atoms with Crippen molar-refractivity contribution in [3.8, 4) is 0 Å². The van der Waals surface area contributed by atoms with Crippen LogP contribution in [-0.2, 0) is 6.42 Å². The lowest BCUT2D eigenvalue weighted by molar-refractivity contribution is 1.21. The Hall–Kier alpha value is -1.96. The molecule has 0 unspecified atom stereocenters. The molecule has 0 bridgehead atoms. The minimum absolute atomic E-state index is 0.802. The molecule has 0 atom stereocenters. The van der Waals surface area contributed by atoms with Gasteiger partial charge in [0, 0.05) is 0 Å². The normalized spacial score (nSPS) is 10.8. The first kappa shape index (κ1) is 10.6. The highest BCUT2D eigenvalue weighted by Gasteiger charge is 1.91. The molecule has 0 saturated carbocycles. The third kappa shape index (κ3) is 2.76. The molecule has 2 heteroatoms. The fourth-order valence-corrected chi connectivity index (χ4v) is 1.34. The van der Waals surface area contributed by atoms with Gasteiger partial charge < -0.3 is 0 Å². The van der Waals surface area contributed by atoms with Crippen LogP contribution in [0.25, 0.3) is 0 Å². The van der Waals surface area contributed by atoms with Gasteiger partial charge in [0.15, 0.2) is 0 Å². The summed E-state index contributed by atoms with van der Waals surface area (Å²) in [5, 5.41) is 8.30. The summed E-state index contributed by atoms with van der Waals surface area (Å²) in [5.74, 6) is 0. The predicted molar refractivity (Wildman–Crippen MR) is 66.1 cm³/mol. The molecule has 0 aliphatic carbocycles. The Morgan fingerprint density at radius 1 is 0.750 bits per heavy atom. The van der Waals surface area contributed by atoms with Crippen LogP contribution in [0.3, 0.4) is 0 Å². The standard InChI is InChI=1S/C14H13N2/c1-2-12-8-10-14(11-9-12)16-15-13-6-4-3-5-7-13/h3-11H,1-2H2. The van der Waals surface area contributed by atoms with Gasteiger partial charge in [0.2, 0.25) is 0 Å². The van der Waals surface area contributed by atoms with Crippen LogP contribution in [0.15, 0.2) is 64.8 Å². The van der Waals surface area contributed by atoms with E-state index in [0.717, 1.165) is 17.8 Å². The van der Waals surface area contributed by atoms with E-state index in [1.165, 1.54) is 5.56 Å². The number of rotatable bonds is 3. The summed E-state index contributed by atoms with van der Waals surface area (Å²) in [6.45, 7) is 3.83. The van der Waals surface area contributed by atoms with Gasteiger partial charge in [-0.25, -0.2) is 0 Å². The molecule has 0 spiro atoms. The Bertz CT molecular complexity index is 458. The van der Waals surface area contributed by atoms with Crippen LogP contribution in [0.2, 0.25) is 0 Å². The van der Waals surface area contributed by atoms with Gasteiger partial charge in [0.05, 0.1) is 11.4 Å². The summed E-state index contributed by atoms with van der Waals surface area (Å²) in [6.07, 6.45) is 0.802. The second kappa shape index (κ2) is 5.21. The van der Waals surface area contributed by atoms with Crippen molar-refractivity contribution in [1.82, 2.24) is 0 Å². The number of hydrogen-bond donors (Lipinski definition) is 0. The Labute approximate surface area is 95.7 Å². The fourth-order valence-electron chi connectivity index (χ4n) is 1.34. The SMILES string of the molecule is [CH2]Cc1ccc(N=Nc2ccccc2)cc1. The lowest BCUT2D eigenvalue weighted by Crippen LogP contribution is -1.76. The highest BCUT2D eigenvalue weighted by molar-refractivity contribution is 5.40. The first-order chi connectivity index (χ1) is 7.88. The zero-order chi connectivity index (χ0) is 11.2. The maximum Gasteiger partial charge on any atom is 0.0857 e. The molecule has 0 amide bonds. The van der Waals surface area contributed by atoms with E-state index in [0.29, 0.717) is 0 Å². The fraction of sp³-hybridized carbons (Fsp3) is 0.0714. The topological polar surface area (TPSA) is 24.7 Å². The zero-order valence-electron chi connectivity index (χ0n) is 9.00. The zero-order valence-corrected chi connectivity index (χ0v) is 9.00. The van der Waals surface area contributed by atoms with E-state index in [-0.39, 0.29) is 0 Å². The van der Waals surface area contributed by atoms with Crippen molar-refractivity contribution in [1.29, 1.82) is 0 Å². The van der Waals surface area contributed by atoms with E-state index < -0.39 is 0 Å². The average Bonchev–Trinajstić information content (AvgIpc) is 2.38. The van der Waals surface area contributed by atoms with Crippen LogP contribution in [-0.4, -0.2) is 0 Å². The Kier molecular flexibility index (Phi) is 3.44. The van der Waals surface area contributed by atoms with Gasteiger partial charge >= 0.3 is 0 Å². The molecule has 0 aliphatic heterocycles. The highest BCUT2D eigenvalue weighted by Crippen LogP contribution is 2.18. The molecule has 0 N–H and O–H groups in total. The molecule has 16 heavy (non-hydrogen) atoms. The monoisotopic (exact) mass is 209 g/mol. The van der Waals surface area contributed by atoms with Crippen molar-refractivity contribution in [2.75, 3.05) is 0 Å². The van der Waals surface area contributed by atoms with Crippen LogP contribution >= 0.6 is 0 Å². The molecule has 0 saturated heterocycles. The van der Waals surface area contributed by atoms with Crippen LogP contribution < -0.4 is 0 Å². The summed E-state index contributed by atoms with van der Waals surface area (Å²) in [7, 11) is 0. The Morgan fingerprint density at radius 2 is 1.31 bits per heavy atom. The molecular weight excluding hydrogens is 196 g/mol. The molecular formula is C14H13N2.